The van der Waals surface area contributed by atoms with Crippen LogP contribution in [0.2, 0.25) is 5.02 Å². The number of nitrogens with two attached hydrogens (primary N) is 1. The summed E-state index contributed by atoms with van der Waals surface area (Å²) in [6.45, 7) is 0.375. The van der Waals surface area contributed by atoms with Crippen LogP contribution < -0.4 is 15.4 Å². The van der Waals surface area contributed by atoms with Crippen LogP contribution in [0.25, 0.3) is 11.4 Å². The summed E-state index contributed by atoms with van der Waals surface area (Å²) in [5.74, 6) is 1.38. The van der Waals surface area contributed by atoms with E-state index in [4.69, 9.17) is 22.1 Å². The van der Waals surface area contributed by atoms with Crippen molar-refractivity contribution in [2.24, 2.45) is 12.8 Å². The van der Waals surface area contributed by atoms with Crippen molar-refractivity contribution < 1.29 is 13.9 Å². The van der Waals surface area contributed by atoms with Gasteiger partial charge in [0.1, 0.15) is 18.2 Å². The smallest absolute Gasteiger partial charge is 0.319 e. The quantitative estimate of drug-likeness (QED) is 0.419. The van der Waals surface area contributed by atoms with E-state index in [1.165, 1.54) is 17.0 Å². The minimum Gasteiger partial charge on any atom is -0.489 e. The van der Waals surface area contributed by atoms with E-state index in [-0.39, 0.29) is 18.2 Å². The summed E-state index contributed by atoms with van der Waals surface area (Å²) in [7, 11) is 1.84. The molecule has 33 heavy (non-hydrogen) atoms. The van der Waals surface area contributed by atoms with Crippen molar-refractivity contribution in [3.8, 4) is 17.1 Å². The Morgan fingerprint density at radius 3 is 2.48 bits per heavy atom. The van der Waals surface area contributed by atoms with Crippen LogP contribution in [-0.2, 0) is 20.2 Å². The summed E-state index contributed by atoms with van der Waals surface area (Å²) in [5.41, 5.74) is 7.89. The maximum absolute atomic E-state index is 13.3. The number of ether oxygens (including phenoxy) is 1. The number of hydrogen-bond donors (Lipinski definition) is 1. The lowest BCUT2D eigenvalue weighted by molar-refractivity contribution is 0.253. The Labute approximate surface area is 195 Å². The van der Waals surface area contributed by atoms with Crippen molar-refractivity contribution in [1.29, 1.82) is 0 Å². The molecule has 0 aliphatic rings. The topological polar surface area (TPSA) is 86.3 Å². The van der Waals surface area contributed by atoms with E-state index >= 15 is 0 Å². The Kier molecular flexibility index (Phi) is 6.55. The van der Waals surface area contributed by atoms with Gasteiger partial charge < -0.3 is 15.0 Å². The van der Waals surface area contributed by atoms with E-state index in [0.717, 1.165) is 11.1 Å². The SMILES string of the molecule is Cn1c(CN(C(N)=O)c2ccc(OCc3ccc(F)c(Cl)c3)cc2)nnc1-c1ccccc1. The van der Waals surface area contributed by atoms with Gasteiger partial charge in [0.15, 0.2) is 11.6 Å². The molecule has 1 aromatic heterocycles. The maximum atomic E-state index is 13.3. The molecular formula is C24H21ClFN5O2. The van der Waals surface area contributed by atoms with Crippen molar-refractivity contribution in [2.45, 2.75) is 13.2 Å². The summed E-state index contributed by atoms with van der Waals surface area (Å²) in [4.78, 5) is 13.6. The average molecular weight is 466 g/mol. The van der Waals surface area contributed by atoms with Crippen LogP contribution in [0.1, 0.15) is 11.4 Å². The molecule has 1 heterocycles. The molecule has 0 unspecified atom stereocenters. The highest BCUT2D eigenvalue weighted by Crippen LogP contribution is 2.24. The van der Waals surface area contributed by atoms with Crippen LogP contribution in [0.5, 0.6) is 5.75 Å². The van der Waals surface area contributed by atoms with Crippen LogP contribution in [0, 0.1) is 5.82 Å². The summed E-state index contributed by atoms with van der Waals surface area (Å²) >= 11 is 5.80. The number of benzene rings is 3. The third kappa shape index (κ3) is 5.12. The Bertz CT molecular complexity index is 1260. The predicted octanol–water partition coefficient (Wildman–Crippen LogP) is 4.94. The molecule has 0 saturated heterocycles. The van der Waals surface area contributed by atoms with Gasteiger partial charge >= 0.3 is 6.03 Å². The lowest BCUT2D eigenvalue weighted by Crippen LogP contribution is -2.36. The first-order chi connectivity index (χ1) is 15.9. The van der Waals surface area contributed by atoms with Gasteiger partial charge in [0.2, 0.25) is 0 Å². The van der Waals surface area contributed by atoms with Crippen molar-refractivity contribution in [2.75, 3.05) is 4.90 Å². The number of primary amides is 1. The average Bonchev–Trinajstić information content (AvgIpc) is 3.19. The molecule has 2 amide bonds. The van der Waals surface area contributed by atoms with Gasteiger partial charge in [0.05, 0.1) is 11.6 Å². The number of rotatable bonds is 7. The van der Waals surface area contributed by atoms with Crippen molar-refractivity contribution in [1.82, 2.24) is 14.8 Å². The minimum atomic E-state index is -0.617. The van der Waals surface area contributed by atoms with Gasteiger partial charge in [0, 0.05) is 18.3 Å². The molecule has 168 valence electrons. The second-order valence-corrected chi connectivity index (χ2v) is 7.73. The molecule has 4 rings (SSSR count). The van der Waals surface area contributed by atoms with Crippen LogP contribution >= 0.6 is 11.6 Å². The Balaban J connectivity index is 1.47. The standard InChI is InChI=1S/C24H21ClFN5O2/c1-30-22(28-29-23(30)17-5-3-2-4-6-17)14-31(24(27)32)18-8-10-19(11-9-18)33-15-16-7-12-21(26)20(25)13-16/h2-13H,14-15H2,1H3,(H2,27,32). The monoisotopic (exact) mass is 465 g/mol. The molecule has 0 spiro atoms. The summed E-state index contributed by atoms with van der Waals surface area (Å²) in [6.07, 6.45) is 0. The molecule has 0 bridgehead atoms. The number of anilines is 1. The highest BCUT2D eigenvalue weighted by molar-refractivity contribution is 6.30. The first-order valence-electron chi connectivity index (χ1n) is 10.1. The fraction of sp³-hybridized carbons (Fsp3) is 0.125. The Morgan fingerprint density at radius 2 is 1.82 bits per heavy atom. The van der Waals surface area contributed by atoms with Gasteiger partial charge in [-0.05, 0) is 42.0 Å². The van der Waals surface area contributed by atoms with Crippen LogP contribution in [0.3, 0.4) is 0 Å². The summed E-state index contributed by atoms with van der Waals surface area (Å²) in [5, 5.41) is 8.53. The molecule has 0 radical (unpaired) electrons. The summed E-state index contributed by atoms with van der Waals surface area (Å²) < 4.78 is 20.9. The molecule has 9 heteroatoms. The van der Waals surface area contributed by atoms with E-state index < -0.39 is 11.8 Å². The van der Waals surface area contributed by atoms with Gasteiger partial charge in [-0.2, -0.15) is 0 Å². The molecule has 0 saturated carbocycles. The lowest BCUT2D eigenvalue weighted by atomic mass is 10.2. The summed E-state index contributed by atoms with van der Waals surface area (Å²) in [6, 6.07) is 20.4. The second-order valence-electron chi connectivity index (χ2n) is 7.32. The van der Waals surface area contributed by atoms with Crippen molar-refractivity contribution in [3.63, 3.8) is 0 Å². The number of urea groups is 1. The first-order valence-corrected chi connectivity index (χ1v) is 10.5. The minimum absolute atomic E-state index is 0.0442. The molecular weight excluding hydrogens is 445 g/mol. The van der Waals surface area contributed by atoms with Gasteiger partial charge in [-0.25, -0.2) is 9.18 Å². The number of carbonyl (C=O) groups is 1. The van der Waals surface area contributed by atoms with E-state index in [9.17, 15) is 9.18 Å². The van der Waals surface area contributed by atoms with Gasteiger partial charge in [-0.15, -0.1) is 10.2 Å². The number of nitrogens with zero attached hydrogens (tertiary/aromatic N) is 4. The van der Waals surface area contributed by atoms with E-state index in [2.05, 4.69) is 10.2 Å². The second kappa shape index (κ2) is 9.70. The zero-order chi connectivity index (χ0) is 23.4. The normalized spacial score (nSPS) is 10.8. The van der Waals surface area contributed by atoms with E-state index in [1.54, 1.807) is 30.3 Å². The molecule has 0 aliphatic carbocycles. The largest absolute Gasteiger partial charge is 0.489 e. The zero-order valence-electron chi connectivity index (χ0n) is 17.8. The molecule has 0 aliphatic heterocycles. The lowest BCUT2D eigenvalue weighted by Gasteiger charge is -2.20. The molecule has 3 aromatic carbocycles. The van der Waals surface area contributed by atoms with Gasteiger partial charge in [-0.1, -0.05) is 48.0 Å². The van der Waals surface area contributed by atoms with E-state index in [1.807, 2.05) is 41.9 Å². The maximum Gasteiger partial charge on any atom is 0.319 e. The number of halogens is 2. The molecule has 7 nitrogen and oxygen atoms in total. The molecule has 2 N–H and O–H groups in total. The van der Waals surface area contributed by atoms with Gasteiger partial charge in [-0.3, -0.25) is 4.90 Å². The van der Waals surface area contributed by atoms with Gasteiger partial charge in [0.25, 0.3) is 0 Å². The number of hydrogen-bond acceptors (Lipinski definition) is 4. The zero-order valence-corrected chi connectivity index (χ0v) is 18.5. The highest BCUT2D eigenvalue weighted by Gasteiger charge is 2.18. The fourth-order valence-electron chi connectivity index (χ4n) is 3.29. The van der Waals surface area contributed by atoms with E-state index in [0.29, 0.717) is 23.1 Å². The fourth-order valence-corrected chi connectivity index (χ4v) is 3.50. The van der Waals surface area contributed by atoms with Crippen molar-refractivity contribution >= 4 is 23.3 Å². The Morgan fingerprint density at radius 1 is 1.09 bits per heavy atom. The first kappa shape index (κ1) is 22.3. The molecule has 0 atom stereocenters. The van der Waals surface area contributed by atoms with Crippen molar-refractivity contribution in [3.05, 3.63) is 95.0 Å². The van der Waals surface area contributed by atoms with Crippen LogP contribution in [0.15, 0.2) is 72.8 Å². The number of amides is 2. The third-order valence-corrected chi connectivity index (χ3v) is 5.39. The highest BCUT2D eigenvalue weighted by atomic mass is 35.5. The number of aromatic nitrogens is 3. The van der Waals surface area contributed by atoms with Crippen LogP contribution in [0.4, 0.5) is 14.9 Å². The third-order valence-electron chi connectivity index (χ3n) is 5.10. The van der Waals surface area contributed by atoms with Crippen LogP contribution in [-0.4, -0.2) is 20.8 Å². The molecule has 0 fully saturated rings. The number of carbonyl (C=O) groups excluding carboxylic acids is 1. The molecule has 4 aromatic rings. The predicted molar refractivity (Wildman–Crippen MR) is 124 cm³/mol. The Hall–Kier alpha value is -3.91.